The maximum Gasteiger partial charge on any atom is 0.308 e. The van der Waals surface area contributed by atoms with Gasteiger partial charge in [0.05, 0.1) is 17.5 Å². The molecule has 2 saturated carbocycles. The summed E-state index contributed by atoms with van der Waals surface area (Å²) in [4.78, 5) is 38.2. The second-order valence-electron chi connectivity index (χ2n) is 7.25. The van der Waals surface area contributed by atoms with Gasteiger partial charge in [0.15, 0.2) is 0 Å². The van der Waals surface area contributed by atoms with E-state index in [2.05, 4.69) is 12.2 Å². The maximum atomic E-state index is 13.0. The van der Waals surface area contributed by atoms with Crippen molar-refractivity contribution >= 4 is 23.5 Å². The summed E-state index contributed by atoms with van der Waals surface area (Å²) in [7, 11) is 0. The van der Waals surface area contributed by atoms with Crippen molar-refractivity contribution in [3.8, 4) is 5.75 Å². The minimum absolute atomic E-state index is 0.0741. The first-order valence-corrected chi connectivity index (χ1v) is 8.41. The van der Waals surface area contributed by atoms with Gasteiger partial charge in [-0.15, -0.1) is 0 Å². The first kappa shape index (κ1) is 14.0. The molecule has 2 bridgehead atoms. The van der Waals surface area contributed by atoms with E-state index < -0.39 is 5.97 Å². The third-order valence-electron chi connectivity index (χ3n) is 6.02. The Morgan fingerprint density at radius 3 is 2.04 bits per heavy atom. The minimum Gasteiger partial charge on any atom is -0.427 e. The lowest BCUT2D eigenvalue weighted by Gasteiger charge is -2.37. The molecule has 1 aliphatic heterocycles. The SMILES string of the molecule is CC(=O)Oc1ccc(N2C(=O)[C@@H]3[C@@H]4C=C[C@H]([C@H]5C[C@@H]45)[C@@H]3C2=O)cc1. The van der Waals surface area contributed by atoms with Crippen LogP contribution in [0.5, 0.6) is 5.75 Å². The number of ether oxygens (including phenoxy) is 1. The molecule has 6 atom stereocenters. The molecule has 1 saturated heterocycles. The van der Waals surface area contributed by atoms with E-state index in [0.29, 0.717) is 23.3 Å². The van der Waals surface area contributed by atoms with Crippen LogP contribution in [0.4, 0.5) is 5.69 Å². The molecule has 2 amide bonds. The van der Waals surface area contributed by atoms with Crippen molar-refractivity contribution in [3.63, 3.8) is 0 Å². The summed E-state index contributed by atoms with van der Waals surface area (Å²) in [6.07, 6.45) is 5.49. The zero-order valence-corrected chi connectivity index (χ0v) is 13.2. The predicted molar refractivity (Wildman–Crippen MR) is 84.9 cm³/mol. The van der Waals surface area contributed by atoms with Crippen molar-refractivity contribution in [2.45, 2.75) is 13.3 Å². The number of imide groups is 1. The summed E-state index contributed by atoms with van der Waals surface area (Å²) in [6, 6.07) is 6.57. The van der Waals surface area contributed by atoms with Crippen LogP contribution >= 0.6 is 0 Å². The number of nitrogens with zero attached hydrogens (tertiary/aromatic N) is 1. The van der Waals surface area contributed by atoms with Crippen LogP contribution < -0.4 is 9.64 Å². The number of esters is 1. The molecular weight excluding hydrogens is 306 g/mol. The molecule has 0 radical (unpaired) electrons. The molecule has 1 heterocycles. The molecule has 4 aliphatic carbocycles. The molecule has 5 nitrogen and oxygen atoms in total. The Morgan fingerprint density at radius 2 is 1.54 bits per heavy atom. The summed E-state index contributed by atoms with van der Waals surface area (Å²) in [6.45, 7) is 1.33. The quantitative estimate of drug-likeness (QED) is 0.362. The molecule has 1 aromatic carbocycles. The third-order valence-corrected chi connectivity index (χ3v) is 6.02. The smallest absolute Gasteiger partial charge is 0.308 e. The number of hydrogen-bond donors (Lipinski definition) is 0. The van der Waals surface area contributed by atoms with Crippen molar-refractivity contribution < 1.29 is 19.1 Å². The van der Waals surface area contributed by atoms with Crippen LogP contribution in [0.3, 0.4) is 0 Å². The van der Waals surface area contributed by atoms with Gasteiger partial charge in [-0.25, -0.2) is 0 Å². The van der Waals surface area contributed by atoms with Crippen molar-refractivity contribution in [2.24, 2.45) is 35.5 Å². The van der Waals surface area contributed by atoms with Gasteiger partial charge in [-0.05, 0) is 54.4 Å². The predicted octanol–water partition coefficient (Wildman–Crippen LogP) is 2.17. The molecule has 5 heteroatoms. The Balaban J connectivity index is 1.47. The Morgan fingerprint density at radius 1 is 1.00 bits per heavy atom. The third kappa shape index (κ3) is 1.72. The van der Waals surface area contributed by atoms with Gasteiger partial charge in [-0.1, -0.05) is 12.2 Å². The minimum atomic E-state index is -0.399. The average Bonchev–Trinajstić information content (AvgIpc) is 3.33. The fourth-order valence-corrected chi connectivity index (χ4v) is 5.04. The van der Waals surface area contributed by atoms with E-state index in [1.165, 1.54) is 11.8 Å². The molecule has 0 N–H and O–H groups in total. The van der Waals surface area contributed by atoms with Gasteiger partial charge in [-0.2, -0.15) is 0 Å². The summed E-state index contributed by atoms with van der Waals surface area (Å²) < 4.78 is 5.01. The highest BCUT2D eigenvalue weighted by Crippen LogP contribution is 2.65. The molecule has 6 rings (SSSR count). The number of carbonyl (C=O) groups excluding carboxylic acids is 3. The zero-order chi connectivity index (χ0) is 16.6. The van der Waals surface area contributed by atoms with E-state index >= 15 is 0 Å². The van der Waals surface area contributed by atoms with Crippen molar-refractivity contribution in [3.05, 3.63) is 36.4 Å². The first-order valence-electron chi connectivity index (χ1n) is 8.41. The number of rotatable bonds is 2. The van der Waals surface area contributed by atoms with Gasteiger partial charge in [0, 0.05) is 6.92 Å². The van der Waals surface area contributed by atoms with Crippen LogP contribution in [0, 0.1) is 35.5 Å². The van der Waals surface area contributed by atoms with Gasteiger partial charge >= 0.3 is 5.97 Å². The highest BCUT2D eigenvalue weighted by molar-refractivity contribution is 6.22. The number of benzene rings is 1. The second kappa shape index (κ2) is 4.56. The number of hydrogen-bond acceptors (Lipinski definition) is 4. The van der Waals surface area contributed by atoms with Crippen molar-refractivity contribution in [2.75, 3.05) is 4.90 Å². The van der Waals surface area contributed by atoms with E-state index in [9.17, 15) is 14.4 Å². The Labute approximate surface area is 139 Å². The molecule has 1 aromatic rings. The number of amides is 2. The number of anilines is 1. The monoisotopic (exact) mass is 323 g/mol. The van der Waals surface area contributed by atoms with Crippen LogP contribution in [0.15, 0.2) is 36.4 Å². The average molecular weight is 323 g/mol. The standard InChI is InChI=1S/C19H17NO4/c1-9(21)24-11-4-2-10(3-5-11)20-18(22)16-12-6-7-13(15-8-14(12)15)17(16)19(20)23/h2-7,12-17H,8H2,1H3/t12-,13-,14-,15+,16+,17-/m1/s1. The van der Waals surface area contributed by atoms with Gasteiger partial charge in [-0.3, -0.25) is 19.3 Å². The van der Waals surface area contributed by atoms with Crippen molar-refractivity contribution in [1.29, 1.82) is 0 Å². The first-order chi connectivity index (χ1) is 11.6. The van der Waals surface area contributed by atoms with Crippen LogP contribution in [-0.2, 0) is 14.4 Å². The molecule has 5 aliphatic rings. The molecule has 0 aromatic heterocycles. The van der Waals surface area contributed by atoms with E-state index in [4.69, 9.17) is 4.74 Å². The molecule has 24 heavy (non-hydrogen) atoms. The van der Waals surface area contributed by atoms with Gasteiger partial charge in [0.25, 0.3) is 0 Å². The molecule has 0 unspecified atom stereocenters. The highest BCUT2D eigenvalue weighted by atomic mass is 16.5. The summed E-state index contributed by atoms with van der Waals surface area (Å²) in [5, 5.41) is 0. The topological polar surface area (TPSA) is 63.7 Å². The lowest BCUT2D eigenvalue weighted by Crippen LogP contribution is -2.40. The van der Waals surface area contributed by atoms with Gasteiger partial charge < -0.3 is 4.74 Å². The molecular formula is C19H17NO4. The summed E-state index contributed by atoms with van der Waals surface area (Å²) in [5.74, 6) is 1.14. The second-order valence-corrected chi connectivity index (χ2v) is 7.25. The Hall–Kier alpha value is -2.43. The summed E-state index contributed by atoms with van der Waals surface area (Å²) in [5.41, 5.74) is 0.559. The number of carbonyl (C=O) groups is 3. The lowest BCUT2D eigenvalue weighted by atomic mass is 9.63. The zero-order valence-electron chi connectivity index (χ0n) is 13.2. The van der Waals surface area contributed by atoms with Crippen molar-refractivity contribution in [1.82, 2.24) is 0 Å². The van der Waals surface area contributed by atoms with Gasteiger partial charge in [0.2, 0.25) is 11.8 Å². The Bertz CT molecular complexity index is 760. The number of allylic oxidation sites excluding steroid dienone is 2. The van der Waals surface area contributed by atoms with Crippen LogP contribution in [0.2, 0.25) is 0 Å². The van der Waals surface area contributed by atoms with E-state index in [0.717, 1.165) is 6.42 Å². The van der Waals surface area contributed by atoms with Crippen LogP contribution in [0.25, 0.3) is 0 Å². The summed E-state index contributed by atoms with van der Waals surface area (Å²) >= 11 is 0. The fourth-order valence-electron chi connectivity index (χ4n) is 5.04. The lowest BCUT2D eigenvalue weighted by molar-refractivity contribution is -0.132. The van der Waals surface area contributed by atoms with E-state index in [1.807, 2.05) is 0 Å². The Kier molecular flexibility index (Phi) is 2.65. The van der Waals surface area contributed by atoms with Gasteiger partial charge in [0.1, 0.15) is 5.75 Å². The van der Waals surface area contributed by atoms with Crippen LogP contribution in [0.1, 0.15) is 13.3 Å². The van der Waals surface area contributed by atoms with Crippen LogP contribution in [-0.4, -0.2) is 17.8 Å². The highest BCUT2D eigenvalue weighted by Gasteiger charge is 2.67. The maximum absolute atomic E-state index is 13.0. The van der Waals surface area contributed by atoms with E-state index in [1.54, 1.807) is 24.3 Å². The van der Waals surface area contributed by atoms with E-state index in [-0.39, 0.29) is 35.5 Å². The molecule has 3 fully saturated rings. The largest absolute Gasteiger partial charge is 0.427 e. The fraction of sp³-hybridized carbons (Fsp3) is 0.421. The molecule has 0 spiro atoms. The molecule has 122 valence electrons. The normalized spacial score (nSPS) is 38.1.